The molecule has 124 valence electrons. The lowest BCUT2D eigenvalue weighted by molar-refractivity contribution is -0.132. The predicted molar refractivity (Wildman–Crippen MR) is 83.4 cm³/mol. The van der Waals surface area contributed by atoms with Gasteiger partial charge in [-0.15, -0.1) is 12.4 Å². The lowest BCUT2D eigenvalue weighted by atomic mass is 10.1. The molecule has 1 saturated heterocycles. The monoisotopic (exact) mass is 332 g/mol. The summed E-state index contributed by atoms with van der Waals surface area (Å²) in [5.41, 5.74) is 6.33. The van der Waals surface area contributed by atoms with Gasteiger partial charge in [-0.3, -0.25) is 4.79 Å². The number of hydrogen-bond donors (Lipinski definition) is 2. The van der Waals surface area contributed by atoms with Gasteiger partial charge in [0.1, 0.15) is 11.9 Å². The lowest BCUT2D eigenvalue weighted by Crippen LogP contribution is -2.38. The number of ether oxygens (including phenoxy) is 2. The molecule has 2 rings (SSSR count). The van der Waals surface area contributed by atoms with Crippen molar-refractivity contribution in [1.29, 1.82) is 0 Å². The number of nitrogens with two attached hydrogens (primary N) is 1. The highest BCUT2D eigenvalue weighted by Crippen LogP contribution is 2.20. The summed E-state index contributed by atoms with van der Waals surface area (Å²) in [4.78, 5) is 12.0. The van der Waals surface area contributed by atoms with Crippen LogP contribution in [0.5, 0.6) is 0 Å². The van der Waals surface area contributed by atoms with Crippen LogP contribution in [0, 0.1) is 5.82 Å². The second-order valence-corrected chi connectivity index (χ2v) is 5.08. The smallest absolute Gasteiger partial charge is 0.249 e. The normalized spacial score (nSPS) is 22.0. The van der Waals surface area contributed by atoms with Gasteiger partial charge in [-0.2, -0.15) is 0 Å². The predicted octanol–water partition coefficient (Wildman–Crippen LogP) is 1.56. The molecule has 0 aromatic heterocycles. The maximum atomic E-state index is 12.9. The van der Waals surface area contributed by atoms with Crippen molar-refractivity contribution >= 4 is 18.3 Å². The van der Waals surface area contributed by atoms with E-state index in [1.807, 2.05) is 0 Å². The van der Waals surface area contributed by atoms with Gasteiger partial charge in [-0.05, 0) is 30.5 Å². The van der Waals surface area contributed by atoms with Crippen LogP contribution in [0.1, 0.15) is 24.5 Å². The van der Waals surface area contributed by atoms with Crippen molar-refractivity contribution in [2.45, 2.75) is 31.2 Å². The standard InChI is InChI=1S/C15H21FN2O3.ClH/c1-20-14(10-2-4-11(16)5-3-10)9-18-15(19)13-7-6-12(8-17)21-13;/h2-5,12-14H,6-9,17H2,1H3,(H,18,19);1H/t12-,13+,14?;/m1./s1. The Balaban J connectivity index is 0.00000242. The van der Waals surface area contributed by atoms with Crippen LogP contribution in [-0.2, 0) is 14.3 Å². The average Bonchev–Trinajstić information content (AvgIpc) is 2.98. The maximum absolute atomic E-state index is 12.9. The van der Waals surface area contributed by atoms with Gasteiger partial charge in [-0.1, -0.05) is 12.1 Å². The van der Waals surface area contributed by atoms with Crippen LogP contribution in [0.25, 0.3) is 0 Å². The Morgan fingerprint density at radius 1 is 1.45 bits per heavy atom. The van der Waals surface area contributed by atoms with Crippen molar-refractivity contribution in [1.82, 2.24) is 5.32 Å². The van der Waals surface area contributed by atoms with Gasteiger partial charge in [0, 0.05) is 20.2 Å². The molecule has 0 radical (unpaired) electrons. The summed E-state index contributed by atoms with van der Waals surface area (Å²) < 4.78 is 23.8. The Morgan fingerprint density at radius 3 is 2.68 bits per heavy atom. The molecule has 3 N–H and O–H groups in total. The van der Waals surface area contributed by atoms with Crippen molar-refractivity contribution in [2.24, 2.45) is 5.73 Å². The number of nitrogens with one attached hydrogen (secondary N) is 1. The third kappa shape index (κ3) is 4.91. The minimum atomic E-state index is -0.440. The molecule has 1 aliphatic heterocycles. The third-order valence-electron chi connectivity index (χ3n) is 3.65. The Morgan fingerprint density at radius 2 is 2.14 bits per heavy atom. The van der Waals surface area contributed by atoms with Crippen molar-refractivity contribution in [3.63, 3.8) is 0 Å². The molecule has 5 nitrogen and oxygen atoms in total. The van der Waals surface area contributed by atoms with E-state index < -0.39 is 6.10 Å². The Bertz CT molecular complexity index is 472. The van der Waals surface area contributed by atoms with Gasteiger partial charge in [-0.25, -0.2) is 4.39 Å². The van der Waals surface area contributed by atoms with Gasteiger partial charge in [0.2, 0.25) is 5.91 Å². The zero-order chi connectivity index (χ0) is 15.2. The van der Waals surface area contributed by atoms with E-state index in [-0.39, 0.29) is 36.3 Å². The van der Waals surface area contributed by atoms with Crippen LogP contribution in [0.2, 0.25) is 0 Å². The van der Waals surface area contributed by atoms with Gasteiger partial charge in [0.25, 0.3) is 0 Å². The fourth-order valence-corrected chi connectivity index (χ4v) is 2.39. The van der Waals surface area contributed by atoms with Crippen LogP contribution in [0.3, 0.4) is 0 Å². The van der Waals surface area contributed by atoms with E-state index in [0.717, 1.165) is 12.0 Å². The SMILES string of the molecule is COC(CNC(=O)[C@@H]1CC[C@H](CN)O1)c1ccc(F)cc1.Cl. The van der Waals surface area contributed by atoms with Crippen molar-refractivity contribution in [3.8, 4) is 0 Å². The van der Waals surface area contributed by atoms with E-state index in [1.54, 1.807) is 19.2 Å². The first-order chi connectivity index (χ1) is 10.1. The fourth-order valence-electron chi connectivity index (χ4n) is 2.39. The average molecular weight is 333 g/mol. The summed E-state index contributed by atoms with van der Waals surface area (Å²) in [6, 6.07) is 6.03. The number of rotatable bonds is 6. The number of halogens is 2. The van der Waals surface area contributed by atoms with E-state index in [4.69, 9.17) is 15.2 Å². The first kappa shape index (κ1) is 18.8. The molecule has 7 heteroatoms. The number of carbonyl (C=O) groups is 1. The summed E-state index contributed by atoms with van der Waals surface area (Å²) in [6.07, 6.45) is 0.698. The van der Waals surface area contributed by atoms with Crippen LogP contribution < -0.4 is 11.1 Å². The molecule has 3 atom stereocenters. The number of carbonyl (C=O) groups excluding carboxylic acids is 1. The summed E-state index contributed by atoms with van der Waals surface area (Å²) in [5, 5.41) is 2.81. The largest absolute Gasteiger partial charge is 0.375 e. The molecule has 0 bridgehead atoms. The fraction of sp³-hybridized carbons (Fsp3) is 0.533. The molecular formula is C15H22ClFN2O3. The third-order valence-corrected chi connectivity index (χ3v) is 3.65. The number of methoxy groups -OCH3 is 1. The molecule has 1 aromatic rings. The topological polar surface area (TPSA) is 73.6 Å². The van der Waals surface area contributed by atoms with E-state index in [1.165, 1.54) is 12.1 Å². The molecule has 1 heterocycles. The summed E-state index contributed by atoms with van der Waals surface area (Å²) >= 11 is 0. The molecule has 0 spiro atoms. The molecule has 1 amide bonds. The Hall–Kier alpha value is -1.21. The molecule has 1 aliphatic rings. The van der Waals surface area contributed by atoms with Crippen LogP contribution >= 0.6 is 12.4 Å². The maximum Gasteiger partial charge on any atom is 0.249 e. The van der Waals surface area contributed by atoms with Crippen molar-refractivity contribution in [2.75, 3.05) is 20.2 Å². The van der Waals surface area contributed by atoms with Gasteiger partial charge in [0.05, 0.1) is 12.2 Å². The molecule has 22 heavy (non-hydrogen) atoms. The zero-order valence-corrected chi connectivity index (χ0v) is 13.3. The lowest BCUT2D eigenvalue weighted by Gasteiger charge is -2.18. The van der Waals surface area contributed by atoms with E-state index in [0.29, 0.717) is 19.5 Å². The van der Waals surface area contributed by atoms with Gasteiger partial charge >= 0.3 is 0 Å². The van der Waals surface area contributed by atoms with Crippen LogP contribution in [-0.4, -0.2) is 38.3 Å². The Labute approximate surface area is 135 Å². The first-order valence-electron chi connectivity index (χ1n) is 7.05. The van der Waals surface area contributed by atoms with Crippen LogP contribution in [0.4, 0.5) is 4.39 Å². The molecule has 1 unspecified atom stereocenters. The first-order valence-corrected chi connectivity index (χ1v) is 7.05. The van der Waals surface area contributed by atoms with E-state index in [2.05, 4.69) is 5.32 Å². The summed E-state index contributed by atoms with van der Waals surface area (Å²) in [7, 11) is 1.55. The molecule has 1 aromatic carbocycles. The number of amides is 1. The number of hydrogen-bond acceptors (Lipinski definition) is 4. The minimum absolute atomic E-state index is 0. The van der Waals surface area contributed by atoms with Crippen LogP contribution in [0.15, 0.2) is 24.3 Å². The summed E-state index contributed by atoms with van der Waals surface area (Å²) in [6.45, 7) is 0.744. The highest BCUT2D eigenvalue weighted by Gasteiger charge is 2.30. The number of benzene rings is 1. The zero-order valence-electron chi connectivity index (χ0n) is 12.5. The van der Waals surface area contributed by atoms with Crippen molar-refractivity contribution in [3.05, 3.63) is 35.6 Å². The van der Waals surface area contributed by atoms with Gasteiger partial charge < -0.3 is 20.5 Å². The quantitative estimate of drug-likeness (QED) is 0.829. The van der Waals surface area contributed by atoms with E-state index >= 15 is 0 Å². The van der Waals surface area contributed by atoms with Gasteiger partial charge in [0.15, 0.2) is 0 Å². The second-order valence-electron chi connectivity index (χ2n) is 5.08. The molecular weight excluding hydrogens is 311 g/mol. The Kier molecular flexibility index (Phi) is 7.75. The minimum Gasteiger partial charge on any atom is -0.375 e. The van der Waals surface area contributed by atoms with Crippen molar-refractivity contribution < 1.29 is 18.7 Å². The highest BCUT2D eigenvalue weighted by molar-refractivity contribution is 5.85. The second kappa shape index (κ2) is 9.05. The summed E-state index contributed by atoms with van der Waals surface area (Å²) in [5.74, 6) is -0.458. The molecule has 1 fully saturated rings. The molecule has 0 aliphatic carbocycles. The molecule has 0 saturated carbocycles. The highest BCUT2D eigenvalue weighted by atomic mass is 35.5. The van der Waals surface area contributed by atoms with E-state index in [9.17, 15) is 9.18 Å².